The highest BCUT2D eigenvalue weighted by Gasteiger charge is 2.26. The van der Waals surface area contributed by atoms with E-state index in [1.165, 1.54) is 25.0 Å². The van der Waals surface area contributed by atoms with Gasteiger partial charge in [0.25, 0.3) is 0 Å². The van der Waals surface area contributed by atoms with E-state index < -0.39 is 0 Å². The van der Waals surface area contributed by atoms with Crippen LogP contribution in [0.25, 0.3) is 11.4 Å². The first-order valence-electron chi connectivity index (χ1n) is 7.25. The van der Waals surface area contributed by atoms with Gasteiger partial charge < -0.3 is 5.32 Å². The summed E-state index contributed by atoms with van der Waals surface area (Å²) in [5, 5.41) is 3.63. The summed E-state index contributed by atoms with van der Waals surface area (Å²) in [7, 11) is 0. The molecule has 3 nitrogen and oxygen atoms in total. The molecule has 5 heteroatoms. The van der Waals surface area contributed by atoms with Gasteiger partial charge in [-0.05, 0) is 37.5 Å². The Hall–Kier alpha value is -1.68. The second kappa shape index (κ2) is 5.98. The fourth-order valence-electron chi connectivity index (χ4n) is 2.19. The third-order valence-corrected chi connectivity index (χ3v) is 3.78. The maximum atomic E-state index is 13.2. The lowest BCUT2D eigenvalue weighted by Crippen LogP contribution is -2.05. The van der Waals surface area contributed by atoms with E-state index in [2.05, 4.69) is 22.2 Å². The summed E-state index contributed by atoms with van der Waals surface area (Å²) in [5.74, 6) is 1.53. The number of aromatic nitrogens is 2. The van der Waals surface area contributed by atoms with Crippen LogP contribution in [0.15, 0.2) is 24.3 Å². The van der Waals surface area contributed by atoms with Crippen LogP contribution in [-0.4, -0.2) is 16.5 Å². The maximum Gasteiger partial charge on any atom is 0.163 e. The minimum absolute atomic E-state index is 0.337. The number of nitrogens with zero attached hydrogens (tertiary/aromatic N) is 2. The summed E-state index contributed by atoms with van der Waals surface area (Å²) in [5.41, 5.74) is 1.71. The SMILES string of the molecule is CCCNc1cc(C2CC2)nc(-c2ccc(F)cc2Cl)n1. The van der Waals surface area contributed by atoms with E-state index >= 15 is 0 Å². The monoisotopic (exact) mass is 305 g/mol. The normalized spacial score (nSPS) is 14.2. The van der Waals surface area contributed by atoms with Crippen LogP contribution in [0.2, 0.25) is 5.02 Å². The summed E-state index contributed by atoms with van der Waals surface area (Å²) in [6.07, 6.45) is 3.36. The van der Waals surface area contributed by atoms with Crippen molar-refractivity contribution in [2.45, 2.75) is 32.1 Å². The molecule has 0 unspecified atom stereocenters. The molecule has 1 aromatic carbocycles. The van der Waals surface area contributed by atoms with Gasteiger partial charge in [-0.25, -0.2) is 14.4 Å². The molecule has 1 saturated carbocycles. The smallest absolute Gasteiger partial charge is 0.163 e. The van der Waals surface area contributed by atoms with Gasteiger partial charge in [0.05, 0.1) is 5.02 Å². The Morgan fingerprint density at radius 1 is 1.29 bits per heavy atom. The molecule has 1 fully saturated rings. The molecule has 0 saturated heterocycles. The molecule has 1 aliphatic rings. The highest BCUT2D eigenvalue weighted by molar-refractivity contribution is 6.33. The van der Waals surface area contributed by atoms with E-state index in [1.807, 2.05) is 6.07 Å². The van der Waals surface area contributed by atoms with Crippen molar-refractivity contribution in [1.29, 1.82) is 0 Å². The predicted molar refractivity (Wildman–Crippen MR) is 83.2 cm³/mol. The van der Waals surface area contributed by atoms with Gasteiger partial charge in [0.1, 0.15) is 11.6 Å². The minimum Gasteiger partial charge on any atom is -0.370 e. The number of halogens is 2. The molecule has 2 aromatic rings. The molecule has 0 bridgehead atoms. The van der Waals surface area contributed by atoms with E-state index in [1.54, 1.807) is 6.07 Å². The van der Waals surface area contributed by atoms with Crippen molar-refractivity contribution in [1.82, 2.24) is 9.97 Å². The molecular formula is C16H17ClFN3. The predicted octanol–water partition coefficient (Wildman–Crippen LogP) is 4.64. The Balaban J connectivity index is 2.01. The van der Waals surface area contributed by atoms with Crippen LogP contribution in [-0.2, 0) is 0 Å². The molecule has 1 N–H and O–H groups in total. The second-order valence-electron chi connectivity index (χ2n) is 5.33. The average molecular weight is 306 g/mol. The van der Waals surface area contributed by atoms with E-state index in [0.29, 0.717) is 22.3 Å². The Labute approximate surface area is 128 Å². The lowest BCUT2D eigenvalue weighted by Gasteiger charge is -2.10. The van der Waals surface area contributed by atoms with Crippen molar-refractivity contribution in [3.8, 4) is 11.4 Å². The average Bonchev–Trinajstić information content (AvgIpc) is 3.29. The zero-order valence-corrected chi connectivity index (χ0v) is 12.6. The van der Waals surface area contributed by atoms with Crippen LogP contribution in [0.3, 0.4) is 0 Å². The summed E-state index contributed by atoms with van der Waals surface area (Å²) in [6.45, 7) is 2.96. The van der Waals surface area contributed by atoms with Gasteiger partial charge >= 0.3 is 0 Å². The summed E-state index contributed by atoms with van der Waals surface area (Å²) in [4.78, 5) is 9.12. The van der Waals surface area contributed by atoms with Gasteiger partial charge in [0.15, 0.2) is 5.82 Å². The molecule has 0 radical (unpaired) electrons. The molecule has 1 heterocycles. The number of benzene rings is 1. The number of hydrogen-bond acceptors (Lipinski definition) is 3. The molecule has 0 aliphatic heterocycles. The largest absolute Gasteiger partial charge is 0.370 e. The topological polar surface area (TPSA) is 37.8 Å². The van der Waals surface area contributed by atoms with Crippen molar-refractivity contribution >= 4 is 17.4 Å². The van der Waals surface area contributed by atoms with Gasteiger partial charge in [0, 0.05) is 29.8 Å². The van der Waals surface area contributed by atoms with E-state index in [0.717, 1.165) is 24.5 Å². The van der Waals surface area contributed by atoms with Crippen LogP contribution in [0.5, 0.6) is 0 Å². The first kappa shape index (κ1) is 14.3. The Bertz CT molecular complexity index is 656. The highest BCUT2D eigenvalue weighted by Crippen LogP contribution is 2.40. The molecule has 21 heavy (non-hydrogen) atoms. The Morgan fingerprint density at radius 3 is 2.76 bits per heavy atom. The van der Waals surface area contributed by atoms with Crippen LogP contribution in [0, 0.1) is 5.82 Å². The third-order valence-electron chi connectivity index (χ3n) is 3.47. The van der Waals surface area contributed by atoms with Crippen LogP contribution < -0.4 is 5.32 Å². The van der Waals surface area contributed by atoms with Gasteiger partial charge in [-0.1, -0.05) is 18.5 Å². The fourth-order valence-corrected chi connectivity index (χ4v) is 2.44. The van der Waals surface area contributed by atoms with E-state index in [4.69, 9.17) is 11.6 Å². The Morgan fingerprint density at radius 2 is 2.10 bits per heavy atom. The molecular weight excluding hydrogens is 289 g/mol. The molecule has 3 rings (SSSR count). The van der Waals surface area contributed by atoms with Gasteiger partial charge in [-0.3, -0.25) is 0 Å². The number of anilines is 1. The fraction of sp³-hybridized carbons (Fsp3) is 0.375. The first-order chi connectivity index (χ1) is 10.2. The van der Waals surface area contributed by atoms with Crippen molar-refractivity contribution < 1.29 is 4.39 Å². The van der Waals surface area contributed by atoms with Crippen LogP contribution >= 0.6 is 11.6 Å². The lowest BCUT2D eigenvalue weighted by molar-refractivity contribution is 0.628. The second-order valence-corrected chi connectivity index (χ2v) is 5.73. The van der Waals surface area contributed by atoms with Gasteiger partial charge in [-0.2, -0.15) is 0 Å². The number of hydrogen-bond donors (Lipinski definition) is 1. The van der Waals surface area contributed by atoms with Gasteiger partial charge in [-0.15, -0.1) is 0 Å². The standard InChI is InChI=1S/C16H17ClFN3/c1-2-7-19-15-9-14(10-3-4-10)20-16(21-15)12-6-5-11(18)8-13(12)17/h5-6,8-10H,2-4,7H2,1H3,(H,19,20,21). The zero-order valence-electron chi connectivity index (χ0n) is 11.9. The van der Waals surface area contributed by atoms with Crippen molar-refractivity contribution in [2.75, 3.05) is 11.9 Å². The third kappa shape index (κ3) is 3.32. The summed E-state index contributed by atoms with van der Waals surface area (Å²) in [6, 6.07) is 6.32. The lowest BCUT2D eigenvalue weighted by atomic mass is 10.2. The van der Waals surface area contributed by atoms with Crippen LogP contribution in [0.1, 0.15) is 37.8 Å². The van der Waals surface area contributed by atoms with Crippen molar-refractivity contribution in [3.05, 3.63) is 40.8 Å². The molecule has 1 aromatic heterocycles. The number of nitrogens with one attached hydrogen (secondary N) is 1. The first-order valence-corrected chi connectivity index (χ1v) is 7.63. The molecule has 1 aliphatic carbocycles. The van der Waals surface area contributed by atoms with Gasteiger partial charge in [0.2, 0.25) is 0 Å². The van der Waals surface area contributed by atoms with E-state index in [-0.39, 0.29) is 5.82 Å². The molecule has 110 valence electrons. The quantitative estimate of drug-likeness (QED) is 0.874. The zero-order chi connectivity index (χ0) is 14.8. The van der Waals surface area contributed by atoms with E-state index in [9.17, 15) is 4.39 Å². The summed E-state index contributed by atoms with van der Waals surface area (Å²) < 4.78 is 13.2. The minimum atomic E-state index is -0.355. The number of rotatable bonds is 5. The molecule has 0 amide bonds. The van der Waals surface area contributed by atoms with Crippen molar-refractivity contribution in [2.24, 2.45) is 0 Å². The Kier molecular flexibility index (Phi) is 4.06. The molecule has 0 atom stereocenters. The maximum absolute atomic E-state index is 13.2. The van der Waals surface area contributed by atoms with Crippen molar-refractivity contribution in [3.63, 3.8) is 0 Å². The van der Waals surface area contributed by atoms with Crippen LogP contribution in [0.4, 0.5) is 10.2 Å². The summed E-state index contributed by atoms with van der Waals surface area (Å²) >= 11 is 6.13. The highest BCUT2D eigenvalue weighted by atomic mass is 35.5. The molecule has 0 spiro atoms.